The van der Waals surface area contributed by atoms with Gasteiger partial charge in [0, 0.05) is 29.5 Å². The van der Waals surface area contributed by atoms with E-state index in [1.807, 2.05) is 43.5 Å². The maximum atomic E-state index is 13.1. The molecule has 5 N–H and O–H groups in total. The molecule has 1 amide bonds. The van der Waals surface area contributed by atoms with Crippen molar-refractivity contribution in [3.63, 3.8) is 0 Å². The Morgan fingerprint density at radius 3 is 2.77 bits per heavy atom. The van der Waals surface area contributed by atoms with Gasteiger partial charge in [-0.1, -0.05) is 31.2 Å². The minimum atomic E-state index is -1.25. The lowest BCUT2D eigenvalue weighted by Gasteiger charge is -2.24. The molecule has 0 bridgehead atoms. The number of H-pyrrole nitrogens is 2. The summed E-state index contributed by atoms with van der Waals surface area (Å²) >= 11 is 0. The van der Waals surface area contributed by atoms with Crippen LogP contribution in [0.4, 0.5) is 0 Å². The lowest BCUT2D eigenvalue weighted by Crippen LogP contribution is -2.51. The van der Waals surface area contributed by atoms with E-state index in [-0.39, 0.29) is 17.6 Å². The molecule has 0 aliphatic heterocycles. The zero-order chi connectivity index (χ0) is 24.2. The molecule has 2 aromatic carbocycles. The van der Waals surface area contributed by atoms with E-state index in [0.717, 1.165) is 16.3 Å². The molecular formula is C26H23N7O2. The third kappa shape index (κ3) is 3.39. The molecule has 35 heavy (non-hydrogen) atoms. The number of hydrogen-bond donors (Lipinski definition) is 4. The summed E-state index contributed by atoms with van der Waals surface area (Å²) in [5, 5.41) is 4.98. The van der Waals surface area contributed by atoms with Crippen molar-refractivity contribution >= 4 is 33.5 Å². The Balaban J connectivity index is 1.25. The summed E-state index contributed by atoms with van der Waals surface area (Å²) < 4.78 is 0. The molecule has 9 heteroatoms. The van der Waals surface area contributed by atoms with E-state index in [9.17, 15) is 9.59 Å². The highest BCUT2D eigenvalue weighted by atomic mass is 16.2. The fourth-order valence-electron chi connectivity index (χ4n) is 4.87. The smallest absolute Gasteiger partial charge is 0.251 e. The summed E-state index contributed by atoms with van der Waals surface area (Å²) in [6, 6.07) is 14.5. The topological polar surface area (TPSA) is 142 Å². The van der Waals surface area contributed by atoms with Gasteiger partial charge >= 0.3 is 0 Å². The van der Waals surface area contributed by atoms with Gasteiger partial charge in [-0.05, 0) is 42.0 Å². The van der Waals surface area contributed by atoms with Crippen molar-refractivity contribution in [3.8, 4) is 11.5 Å². The largest absolute Gasteiger partial charge is 0.347 e. The van der Waals surface area contributed by atoms with E-state index >= 15 is 0 Å². The van der Waals surface area contributed by atoms with Crippen molar-refractivity contribution in [2.45, 2.75) is 24.9 Å². The summed E-state index contributed by atoms with van der Waals surface area (Å²) in [4.78, 5) is 45.8. The molecule has 1 aliphatic rings. The van der Waals surface area contributed by atoms with Gasteiger partial charge in [-0.3, -0.25) is 14.6 Å². The Kier molecular flexibility index (Phi) is 4.75. The van der Waals surface area contributed by atoms with Crippen LogP contribution in [-0.4, -0.2) is 42.7 Å². The first-order chi connectivity index (χ1) is 16.9. The minimum Gasteiger partial charge on any atom is -0.347 e. The molecule has 5 aromatic rings. The maximum Gasteiger partial charge on any atom is 0.251 e. The molecule has 3 aromatic heterocycles. The maximum absolute atomic E-state index is 13.1. The van der Waals surface area contributed by atoms with Gasteiger partial charge in [0.2, 0.25) is 0 Å². The average molecular weight is 466 g/mol. The Bertz CT molecular complexity index is 1590. The van der Waals surface area contributed by atoms with E-state index in [1.54, 1.807) is 30.6 Å². The van der Waals surface area contributed by atoms with Crippen LogP contribution in [0.25, 0.3) is 33.3 Å². The van der Waals surface area contributed by atoms with E-state index in [4.69, 9.17) is 5.73 Å². The summed E-state index contributed by atoms with van der Waals surface area (Å²) in [7, 11) is 0. The molecule has 3 atom stereocenters. The van der Waals surface area contributed by atoms with E-state index in [0.29, 0.717) is 34.8 Å². The van der Waals surface area contributed by atoms with Crippen LogP contribution in [0, 0.1) is 5.92 Å². The summed E-state index contributed by atoms with van der Waals surface area (Å²) in [5.74, 6) is 0.250. The predicted molar refractivity (Wildman–Crippen MR) is 131 cm³/mol. The minimum absolute atomic E-state index is 0.183. The number of fused-ring (bicyclic) bond motifs is 2. The van der Waals surface area contributed by atoms with Gasteiger partial charge in [0.05, 0.1) is 17.1 Å². The Hall–Kier alpha value is -4.37. The first-order valence-electron chi connectivity index (χ1n) is 11.4. The third-order valence-electron chi connectivity index (χ3n) is 6.90. The number of aromatic amines is 2. The standard InChI is InChI=1S/C26H23N7O2/c1-14-10-20(22(34)26(14,27)25-28-8-9-29-25)33-24(35)16-6-7-18-19(12-16)32-23(31-18)21-11-15-4-2-3-5-17(15)13-30-21/h2-9,11-14,20H,10,27H2,1H3,(H,28,29)(H,31,32)(H,33,35)/t14?,20-,26?/m0/s1. The van der Waals surface area contributed by atoms with Crippen LogP contribution in [0.1, 0.15) is 29.5 Å². The number of nitrogens with one attached hydrogen (secondary N) is 3. The second-order valence-corrected chi connectivity index (χ2v) is 9.07. The van der Waals surface area contributed by atoms with Gasteiger partial charge in [0.1, 0.15) is 17.1 Å². The van der Waals surface area contributed by atoms with Crippen LogP contribution in [0.5, 0.6) is 0 Å². The van der Waals surface area contributed by atoms with E-state index in [2.05, 4.69) is 30.2 Å². The number of Topliss-reactive ketones (excluding diaryl/α,β-unsaturated/α-hetero) is 1. The molecule has 1 aliphatic carbocycles. The molecule has 6 rings (SSSR count). The van der Waals surface area contributed by atoms with Crippen molar-refractivity contribution in [1.29, 1.82) is 0 Å². The van der Waals surface area contributed by atoms with Crippen molar-refractivity contribution in [1.82, 2.24) is 30.2 Å². The number of rotatable bonds is 4. The molecule has 174 valence electrons. The first-order valence-corrected chi connectivity index (χ1v) is 11.4. The van der Waals surface area contributed by atoms with Crippen LogP contribution < -0.4 is 11.1 Å². The van der Waals surface area contributed by atoms with Crippen LogP contribution >= 0.6 is 0 Å². The molecule has 0 saturated heterocycles. The number of aromatic nitrogens is 5. The molecule has 0 radical (unpaired) electrons. The summed E-state index contributed by atoms with van der Waals surface area (Å²) in [6.07, 6.45) is 5.45. The SMILES string of the molecule is CC1C[C@H](NC(=O)c2ccc3[nH]c(-c4cc5ccccc5cn4)nc3c2)C(=O)C1(N)c1ncc[nH]1. The Labute approximate surface area is 200 Å². The number of ketones is 1. The average Bonchev–Trinajstić information content (AvgIpc) is 3.60. The third-order valence-corrected chi connectivity index (χ3v) is 6.90. The Morgan fingerprint density at radius 1 is 1.14 bits per heavy atom. The fourth-order valence-corrected chi connectivity index (χ4v) is 4.87. The number of imidazole rings is 2. The summed E-state index contributed by atoms with van der Waals surface area (Å²) in [5.41, 5.74) is 7.77. The lowest BCUT2D eigenvalue weighted by atomic mass is 9.88. The number of benzene rings is 2. The summed E-state index contributed by atoms with van der Waals surface area (Å²) in [6.45, 7) is 1.89. The monoisotopic (exact) mass is 465 g/mol. The number of nitrogens with two attached hydrogens (primary N) is 1. The fraction of sp³-hybridized carbons (Fsp3) is 0.192. The number of hydrogen-bond acceptors (Lipinski definition) is 6. The van der Waals surface area contributed by atoms with E-state index < -0.39 is 11.6 Å². The highest BCUT2D eigenvalue weighted by Crippen LogP contribution is 2.37. The van der Waals surface area contributed by atoms with Gasteiger partial charge in [-0.25, -0.2) is 9.97 Å². The highest BCUT2D eigenvalue weighted by Gasteiger charge is 2.53. The number of nitrogens with zero attached hydrogens (tertiary/aromatic N) is 3. The molecule has 0 spiro atoms. The van der Waals surface area contributed by atoms with Gasteiger partial charge in [-0.2, -0.15) is 0 Å². The van der Waals surface area contributed by atoms with Crippen LogP contribution in [0.3, 0.4) is 0 Å². The molecule has 9 nitrogen and oxygen atoms in total. The number of pyridine rings is 1. The molecule has 3 heterocycles. The van der Waals surface area contributed by atoms with Gasteiger partial charge in [-0.15, -0.1) is 0 Å². The van der Waals surface area contributed by atoms with Gasteiger partial charge in [0.25, 0.3) is 5.91 Å². The van der Waals surface area contributed by atoms with E-state index in [1.165, 1.54) is 0 Å². The van der Waals surface area contributed by atoms with Crippen LogP contribution in [0.15, 0.2) is 67.1 Å². The van der Waals surface area contributed by atoms with Crippen LogP contribution in [0.2, 0.25) is 0 Å². The van der Waals surface area contributed by atoms with Crippen LogP contribution in [-0.2, 0) is 10.3 Å². The zero-order valence-corrected chi connectivity index (χ0v) is 18.9. The lowest BCUT2D eigenvalue weighted by molar-refractivity contribution is -0.124. The van der Waals surface area contributed by atoms with Gasteiger partial charge < -0.3 is 21.0 Å². The first kappa shape index (κ1) is 21.2. The van der Waals surface area contributed by atoms with Gasteiger partial charge in [0.15, 0.2) is 11.6 Å². The molecule has 1 saturated carbocycles. The molecule has 1 fully saturated rings. The highest BCUT2D eigenvalue weighted by molar-refractivity contribution is 6.03. The quantitative estimate of drug-likeness (QED) is 0.321. The number of carbonyl (C=O) groups is 2. The molecule has 2 unspecified atom stereocenters. The number of carbonyl (C=O) groups excluding carboxylic acids is 2. The second-order valence-electron chi connectivity index (χ2n) is 9.07. The number of amides is 1. The van der Waals surface area contributed by atoms with Crippen molar-refractivity contribution in [2.24, 2.45) is 11.7 Å². The Morgan fingerprint density at radius 2 is 1.97 bits per heavy atom. The second kappa shape index (κ2) is 7.85. The van der Waals surface area contributed by atoms with Crippen molar-refractivity contribution in [3.05, 3.63) is 78.5 Å². The predicted octanol–water partition coefficient (Wildman–Crippen LogP) is 3.06. The van der Waals surface area contributed by atoms with Crippen molar-refractivity contribution in [2.75, 3.05) is 0 Å². The zero-order valence-electron chi connectivity index (χ0n) is 18.9. The van der Waals surface area contributed by atoms with Crippen molar-refractivity contribution < 1.29 is 9.59 Å². The molecular weight excluding hydrogens is 442 g/mol. The normalized spacial score (nSPS) is 22.2.